The molecule has 1 aromatic carbocycles. The number of aromatic nitrogens is 3. The van der Waals surface area contributed by atoms with Crippen molar-refractivity contribution in [3.05, 3.63) is 47.9 Å². The molecule has 0 saturated heterocycles. The molecule has 1 atom stereocenters. The Balaban J connectivity index is 1.51. The molecule has 7 nitrogen and oxygen atoms in total. The van der Waals surface area contributed by atoms with Crippen LogP contribution in [0.15, 0.2) is 41.1 Å². The fourth-order valence-electron chi connectivity index (χ4n) is 2.91. The second-order valence-corrected chi connectivity index (χ2v) is 5.88. The number of ether oxygens (including phenoxy) is 2. The molecule has 2 aromatic heterocycles. The molecule has 0 fully saturated rings. The number of para-hydroxylation sites is 1. The Hall–Kier alpha value is -3.09. The SMILES string of the molecule is COc1cccc2c1OCC(Nc1cc(-c3nc(C)no3)ccn1)C2. The molecule has 7 heteroatoms. The van der Waals surface area contributed by atoms with Crippen molar-refractivity contribution in [3.63, 3.8) is 0 Å². The number of fused-ring (bicyclic) bond motifs is 1. The van der Waals surface area contributed by atoms with Gasteiger partial charge in [0.25, 0.3) is 5.89 Å². The van der Waals surface area contributed by atoms with Gasteiger partial charge in [-0.3, -0.25) is 0 Å². The summed E-state index contributed by atoms with van der Waals surface area (Å²) in [6, 6.07) is 9.79. The number of aryl methyl sites for hydroxylation is 1. The highest BCUT2D eigenvalue weighted by molar-refractivity contribution is 5.58. The van der Waals surface area contributed by atoms with Crippen LogP contribution in [0.5, 0.6) is 11.5 Å². The van der Waals surface area contributed by atoms with Gasteiger partial charge < -0.3 is 19.3 Å². The predicted molar refractivity (Wildman–Crippen MR) is 91.9 cm³/mol. The summed E-state index contributed by atoms with van der Waals surface area (Å²) in [5.41, 5.74) is 1.95. The van der Waals surface area contributed by atoms with Gasteiger partial charge >= 0.3 is 0 Å². The molecule has 0 saturated carbocycles. The summed E-state index contributed by atoms with van der Waals surface area (Å²) in [6.07, 6.45) is 2.55. The van der Waals surface area contributed by atoms with Crippen molar-refractivity contribution in [2.45, 2.75) is 19.4 Å². The van der Waals surface area contributed by atoms with Crippen LogP contribution in [0, 0.1) is 6.92 Å². The normalized spacial score (nSPS) is 16.0. The van der Waals surface area contributed by atoms with Crippen LogP contribution in [-0.4, -0.2) is 34.9 Å². The van der Waals surface area contributed by atoms with E-state index in [4.69, 9.17) is 14.0 Å². The Bertz CT molecular complexity index is 894. The van der Waals surface area contributed by atoms with Crippen molar-refractivity contribution < 1.29 is 14.0 Å². The lowest BCUT2D eigenvalue weighted by molar-refractivity contribution is 0.256. The Morgan fingerprint density at radius 3 is 3.00 bits per heavy atom. The number of hydrogen-bond acceptors (Lipinski definition) is 7. The lowest BCUT2D eigenvalue weighted by atomic mass is 10.0. The summed E-state index contributed by atoms with van der Waals surface area (Å²) in [4.78, 5) is 8.62. The van der Waals surface area contributed by atoms with Crippen molar-refractivity contribution in [1.29, 1.82) is 0 Å². The van der Waals surface area contributed by atoms with Crippen LogP contribution in [0.2, 0.25) is 0 Å². The number of benzene rings is 1. The molecule has 1 unspecified atom stereocenters. The Morgan fingerprint density at radius 2 is 2.20 bits per heavy atom. The topological polar surface area (TPSA) is 82.3 Å². The van der Waals surface area contributed by atoms with Gasteiger partial charge in [-0.25, -0.2) is 4.98 Å². The highest BCUT2D eigenvalue weighted by Gasteiger charge is 2.23. The molecule has 0 amide bonds. The van der Waals surface area contributed by atoms with E-state index in [1.54, 1.807) is 20.2 Å². The van der Waals surface area contributed by atoms with Gasteiger partial charge in [0.05, 0.1) is 13.2 Å². The monoisotopic (exact) mass is 338 g/mol. The Labute approximate surface area is 145 Å². The highest BCUT2D eigenvalue weighted by atomic mass is 16.5. The van der Waals surface area contributed by atoms with E-state index in [1.807, 2.05) is 24.3 Å². The van der Waals surface area contributed by atoms with Crippen molar-refractivity contribution in [3.8, 4) is 23.0 Å². The average molecular weight is 338 g/mol. The highest BCUT2D eigenvalue weighted by Crippen LogP contribution is 2.35. The molecule has 0 radical (unpaired) electrons. The van der Waals surface area contributed by atoms with Crippen LogP contribution >= 0.6 is 0 Å². The summed E-state index contributed by atoms with van der Waals surface area (Å²) in [5, 5.41) is 7.23. The minimum atomic E-state index is 0.117. The smallest absolute Gasteiger partial charge is 0.258 e. The van der Waals surface area contributed by atoms with E-state index >= 15 is 0 Å². The number of pyridine rings is 1. The standard InChI is InChI=1S/C18H18N4O3/c1-11-20-18(25-22-11)13-6-7-19-16(9-13)21-14-8-12-4-3-5-15(23-2)17(12)24-10-14/h3-7,9,14H,8,10H2,1-2H3,(H,19,21). The molecule has 0 bridgehead atoms. The van der Waals surface area contributed by atoms with E-state index in [9.17, 15) is 0 Å². The number of rotatable bonds is 4. The summed E-state index contributed by atoms with van der Waals surface area (Å²) in [7, 11) is 1.65. The van der Waals surface area contributed by atoms with E-state index in [0.29, 0.717) is 18.3 Å². The third-order valence-electron chi connectivity index (χ3n) is 4.06. The second-order valence-electron chi connectivity index (χ2n) is 5.88. The van der Waals surface area contributed by atoms with E-state index in [-0.39, 0.29) is 6.04 Å². The largest absolute Gasteiger partial charge is 0.493 e. The number of nitrogens with one attached hydrogen (secondary N) is 1. The molecule has 0 spiro atoms. The zero-order chi connectivity index (χ0) is 17.2. The molecule has 1 aliphatic rings. The maximum absolute atomic E-state index is 5.89. The molecule has 0 aliphatic carbocycles. The minimum Gasteiger partial charge on any atom is -0.493 e. The van der Waals surface area contributed by atoms with Crippen molar-refractivity contribution in [2.75, 3.05) is 19.0 Å². The lowest BCUT2D eigenvalue weighted by Gasteiger charge is -2.27. The third-order valence-corrected chi connectivity index (χ3v) is 4.06. The van der Waals surface area contributed by atoms with Crippen LogP contribution in [0.3, 0.4) is 0 Å². The van der Waals surface area contributed by atoms with E-state index in [2.05, 4.69) is 26.5 Å². The maximum Gasteiger partial charge on any atom is 0.258 e. The number of methoxy groups -OCH3 is 1. The van der Waals surface area contributed by atoms with Gasteiger partial charge in [0.1, 0.15) is 12.4 Å². The molecule has 4 rings (SSSR count). The second kappa shape index (κ2) is 6.43. The predicted octanol–water partition coefficient (Wildman–Crippen LogP) is 2.86. The van der Waals surface area contributed by atoms with Gasteiger partial charge in [-0.05, 0) is 31.5 Å². The molecule has 1 aliphatic heterocycles. The van der Waals surface area contributed by atoms with Gasteiger partial charge in [0.2, 0.25) is 0 Å². The van der Waals surface area contributed by atoms with Crippen LogP contribution in [0.1, 0.15) is 11.4 Å². The molecular formula is C18H18N4O3. The maximum atomic E-state index is 5.89. The number of hydrogen-bond donors (Lipinski definition) is 1. The zero-order valence-electron chi connectivity index (χ0n) is 14.0. The molecule has 3 heterocycles. The van der Waals surface area contributed by atoms with Crippen molar-refractivity contribution >= 4 is 5.82 Å². The minimum absolute atomic E-state index is 0.117. The number of anilines is 1. The number of nitrogens with zero attached hydrogens (tertiary/aromatic N) is 3. The van der Waals surface area contributed by atoms with Crippen LogP contribution in [0.25, 0.3) is 11.5 Å². The van der Waals surface area contributed by atoms with Gasteiger partial charge in [-0.2, -0.15) is 4.98 Å². The summed E-state index contributed by atoms with van der Waals surface area (Å²) in [5.74, 6) is 3.42. The van der Waals surface area contributed by atoms with Gasteiger partial charge in [-0.1, -0.05) is 17.3 Å². The first-order valence-corrected chi connectivity index (χ1v) is 8.05. The Morgan fingerprint density at radius 1 is 1.28 bits per heavy atom. The summed E-state index contributed by atoms with van der Waals surface area (Å²) in [6.45, 7) is 2.33. The molecule has 3 aromatic rings. The van der Waals surface area contributed by atoms with Crippen LogP contribution < -0.4 is 14.8 Å². The first kappa shape index (κ1) is 15.4. The van der Waals surface area contributed by atoms with Gasteiger partial charge in [0.15, 0.2) is 17.3 Å². The van der Waals surface area contributed by atoms with E-state index in [1.165, 1.54) is 0 Å². The molecular weight excluding hydrogens is 320 g/mol. The molecule has 128 valence electrons. The Kier molecular flexibility index (Phi) is 3.97. The zero-order valence-corrected chi connectivity index (χ0v) is 14.0. The fourth-order valence-corrected chi connectivity index (χ4v) is 2.91. The molecule has 25 heavy (non-hydrogen) atoms. The van der Waals surface area contributed by atoms with Crippen LogP contribution in [0.4, 0.5) is 5.82 Å². The van der Waals surface area contributed by atoms with Gasteiger partial charge in [0, 0.05) is 17.3 Å². The van der Waals surface area contributed by atoms with E-state index < -0.39 is 0 Å². The first-order chi connectivity index (χ1) is 12.2. The molecule has 1 N–H and O–H groups in total. The van der Waals surface area contributed by atoms with Gasteiger partial charge in [-0.15, -0.1) is 0 Å². The summed E-state index contributed by atoms with van der Waals surface area (Å²) < 4.78 is 16.5. The van der Waals surface area contributed by atoms with Crippen molar-refractivity contribution in [1.82, 2.24) is 15.1 Å². The average Bonchev–Trinajstić information content (AvgIpc) is 3.08. The summed E-state index contributed by atoms with van der Waals surface area (Å²) >= 11 is 0. The quantitative estimate of drug-likeness (QED) is 0.783. The van der Waals surface area contributed by atoms with Crippen molar-refractivity contribution in [2.24, 2.45) is 0 Å². The lowest BCUT2D eigenvalue weighted by Crippen LogP contribution is -2.33. The first-order valence-electron chi connectivity index (χ1n) is 8.05. The fraction of sp³-hybridized carbons (Fsp3) is 0.278. The van der Waals surface area contributed by atoms with E-state index in [0.717, 1.165) is 34.9 Å². The van der Waals surface area contributed by atoms with Crippen LogP contribution in [-0.2, 0) is 6.42 Å². The third kappa shape index (κ3) is 3.13.